The second kappa shape index (κ2) is 13.1. The number of carbonyl (C=O) groups is 1. The summed E-state index contributed by atoms with van der Waals surface area (Å²) in [7, 11) is 0. The smallest absolute Gasteiger partial charge is 0.226 e. The molecule has 3 nitrogen and oxygen atoms in total. The van der Waals surface area contributed by atoms with Crippen LogP contribution >= 0.6 is 17.0 Å². The number of amides is 1. The quantitative estimate of drug-likeness (QED) is 0.222. The number of rotatable bonds is 15. The Bertz CT molecular complexity index is 521. The second-order valence-electron chi connectivity index (χ2n) is 12.6. The molecule has 0 spiro atoms. The van der Waals surface area contributed by atoms with Crippen molar-refractivity contribution in [2.75, 3.05) is 6.54 Å². The maximum atomic E-state index is 13.2. The molecule has 1 amide bonds. The Morgan fingerprint density at radius 3 is 1.94 bits per heavy atom. The number of carbonyl (C=O) groups excluding carboxylic acids is 1. The first-order valence-electron chi connectivity index (χ1n) is 13.9. The summed E-state index contributed by atoms with van der Waals surface area (Å²) < 4.78 is 0. The third-order valence-corrected chi connectivity index (χ3v) is 8.63. The van der Waals surface area contributed by atoms with Crippen LogP contribution in [0.2, 0.25) is 0 Å². The summed E-state index contributed by atoms with van der Waals surface area (Å²) in [5, 5.41) is 3.38. The van der Waals surface area contributed by atoms with Gasteiger partial charge in [0.15, 0.2) is 0 Å². The molecule has 0 aromatic heterocycles. The van der Waals surface area contributed by atoms with Gasteiger partial charge in [-0.25, -0.2) is 0 Å². The van der Waals surface area contributed by atoms with E-state index in [2.05, 4.69) is 26.1 Å². The van der Waals surface area contributed by atoms with Gasteiger partial charge in [0.25, 0.3) is 0 Å². The van der Waals surface area contributed by atoms with Crippen molar-refractivity contribution < 1.29 is 4.79 Å². The standard InChI is InChI=1S/C28H52N2O.BrH/c1-4-5-6-7-8-9-10-12-22(18-27(2,3)29)13-11-14-30-26(31)28-19-23-15-24(20-28)17-25(16-23)21-28;/h22-25H,4-21,29H2,1-3H3,(H,30,31);1H. The van der Waals surface area contributed by atoms with Gasteiger partial charge in [0.2, 0.25) is 5.91 Å². The van der Waals surface area contributed by atoms with Crippen molar-refractivity contribution >= 4 is 22.9 Å². The maximum Gasteiger partial charge on any atom is 0.226 e. The molecular formula is C28H53BrN2O. The summed E-state index contributed by atoms with van der Waals surface area (Å²) in [5.41, 5.74) is 6.29. The van der Waals surface area contributed by atoms with Gasteiger partial charge in [-0.1, -0.05) is 58.3 Å². The van der Waals surface area contributed by atoms with Crippen LogP contribution in [0.1, 0.15) is 130 Å². The molecule has 4 aliphatic rings. The van der Waals surface area contributed by atoms with Gasteiger partial charge >= 0.3 is 0 Å². The van der Waals surface area contributed by atoms with E-state index in [-0.39, 0.29) is 27.9 Å². The molecule has 4 heteroatoms. The summed E-state index contributed by atoms with van der Waals surface area (Å²) in [6, 6.07) is 0. The van der Waals surface area contributed by atoms with E-state index >= 15 is 0 Å². The highest BCUT2D eigenvalue weighted by Gasteiger charge is 2.54. The molecule has 4 aliphatic carbocycles. The number of halogens is 1. The molecule has 1 unspecified atom stereocenters. The molecule has 0 aromatic rings. The largest absolute Gasteiger partial charge is 0.356 e. The van der Waals surface area contributed by atoms with E-state index in [1.165, 1.54) is 96.3 Å². The molecule has 4 saturated carbocycles. The van der Waals surface area contributed by atoms with E-state index in [1.54, 1.807) is 0 Å². The van der Waals surface area contributed by atoms with Crippen molar-refractivity contribution in [3.8, 4) is 0 Å². The molecule has 0 radical (unpaired) electrons. The van der Waals surface area contributed by atoms with Gasteiger partial charge in [0.1, 0.15) is 0 Å². The number of hydrogen-bond donors (Lipinski definition) is 2. The van der Waals surface area contributed by atoms with Crippen molar-refractivity contribution in [2.45, 2.75) is 135 Å². The molecule has 0 saturated heterocycles. The van der Waals surface area contributed by atoms with Crippen LogP contribution < -0.4 is 11.1 Å². The lowest BCUT2D eigenvalue weighted by Gasteiger charge is -2.55. The minimum atomic E-state index is -0.0891. The van der Waals surface area contributed by atoms with Gasteiger partial charge < -0.3 is 11.1 Å². The molecule has 0 aliphatic heterocycles. The Morgan fingerprint density at radius 2 is 1.41 bits per heavy atom. The van der Waals surface area contributed by atoms with Crippen LogP contribution in [0.15, 0.2) is 0 Å². The Labute approximate surface area is 209 Å². The predicted molar refractivity (Wildman–Crippen MR) is 142 cm³/mol. The van der Waals surface area contributed by atoms with Crippen molar-refractivity contribution in [1.82, 2.24) is 5.32 Å². The first kappa shape index (κ1) is 28.1. The van der Waals surface area contributed by atoms with Crippen LogP contribution in [0.25, 0.3) is 0 Å². The first-order chi connectivity index (χ1) is 14.8. The molecule has 4 bridgehead atoms. The third-order valence-electron chi connectivity index (χ3n) is 8.63. The number of nitrogens with one attached hydrogen (secondary N) is 1. The van der Waals surface area contributed by atoms with E-state index in [1.807, 2.05) is 0 Å². The van der Waals surface area contributed by atoms with Gasteiger partial charge in [-0.2, -0.15) is 0 Å². The molecule has 0 heterocycles. The fraction of sp³-hybridized carbons (Fsp3) is 0.964. The monoisotopic (exact) mass is 512 g/mol. The second-order valence-corrected chi connectivity index (χ2v) is 12.6. The Balaban J connectivity index is 0.00000363. The van der Waals surface area contributed by atoms with E-state index in [0.29, 0.717) is 11.8 Å². The zero-order valence-electron chi connectivity index (χ0n) is 21.4. The first-order valence-corrected chi connectivity index (χ1v) is 13.9. The van der Waals surface area contributed by atoms with E-state index in [0.717, 1.165) is 37.1 Å². The maximum absolute atomic E-state index is 13.2. The topological polar surface area (TPSA) is 55.1 Å². The molecule has 188 valence electrons. The zero-order valence-corrected chi connectivity index (χ0v) is 23.1. The molecule has 0 aromatic carbocycles. The average Bonchev–Trinajstić information content (AvgIpc) is 2.68. The average molecular weight is 514 g/mol. The minimum absolute atomic E-state index is 0. The van der Waals surface area contributed by atoms with Gasteiger partial charge in [0, 0.05) is 17.5 Å². The molecule has 3 N–H and O–H groups in total. The van der Waals surface area contributed by atoms with Crippen LogP contribution in [0.5, 0.6) is 0 Å². The van der Waals surface area contributed by atoms with Crippen LogP contribution in [0.4, 0.5) is 0 Å². The van der Waals surface area contributed by atoms with Gasteiger partial charge in [-0.15, -0.1) is 17.0 Å². The van der Waals surface area contributed by atoms with Crippen LogP contribution in [0, 0.1) is 29.1 Å². The molecular weight excluding hydrogens is 460 g/mol. The SMILES string of the molecule is Br.CCCCCCCCCC(CCCNC(=O)C12CC3CC(CC(C3)C1)C2)CC(C)(C)N. The van der Waals surface area contributed by atoms with Crippen LogP contribution in [-0.2, 0) is 4.79 Å². The highest BCUT2D eigenvalue weighted by Crippen LogP contribution is 2.60. The Hall–Kier alpha value is -0.0900. The predicted octanol–water partition coefficient (Wildman–Crippen LogP) is 7.56. The van der Waals surface area contributed by atoms with Crippen molar-refractivity contribution in [3.05, 3.63) is 0 Å². The summed E-state index contributed by atoms with van der Waals surface area (Å²) in [4.78, 5) is 13.2. The lowest BCUT2D eigenvalue weighted by Crippen LogP contribution is -2.53. The minimum Gasteiger partial charge on any atom is -0.356 e. The van der Waals surface area contributed by atoms with E-state index < -0.39 is 0 Å². The lowest BCUT2D eigenvalue weighted by molar-refractivity contribution is -0.146. The third kappa shape index (κ3) is 8.60. The Morgan fingerprint density at radius 1 is 0.906 bits per heavy atom. The highest BCUT2D eigenvalue weighted by molar-refractivity contribution is 8.93. The summed E-state index contributed by atoms with van der Waals surface area (Å²) >= 11 is 0. The van der Waals surface area contributed by atoms with Gasteiger partial charge in [0.05, 0.1) is 0 Å². The van der Waals surface area contributed by atoms with Crippen molar-refractivity contribution in [3.63, 3.8) is 0 Å². The molecule has 4 rings (SSSR count). The number of unbranched alkanes of at least 4 members (excludes halogenated alkanes) is 6. The Kier molecular flexibility index (Phi) is 11.5. The summed E-state index contributed by atoms with van der Waals surface area (Å²) in [6.45, 7) is 7.48. The normalized spacial score (nSPS) is 29.6. The fourth-order valence-electron chi connectivity index (χ4n) is 7.65. The highest BCUT2D eigenvalue weighted by atomic mass is 79.9. The number of nitrogens with two attached hydrogens (primary N) is 1. The van der Waals surface area contributed by atoms with Crippen LogP contribution in [-0.4, -0.2) is 18.0 Å². The van der Waals surface area contributed by atoms with Crippen molar-refractivity contribution in [2.24, 2.45) is 34.8 Å². The lowest BCUT2D eigenvalue weighted by atomic mass is 9.49. The van der Waals surface area contributed by atoms with Crippen LogP contribution in [0.3, 0.4) is 0 Å². The molecule has 4 fully saturated rings. The van der Waals surface area contributed by atoms with Gasteiger partial charge in [-0.05, 0) is 95.3 Å². The number of hydrogen-bond acceptors (Lipinski definition) is 2. The molecule has 32 heavy (non-hydrogen) atoms. The zero-order chi connectivity index (χ0) is 22.3. The van der Waals surface area contributed by atoms with Gasteiger partial charge in [-0.3, -0.25) is 4.79 Å². The summed E-state index contributed by atoms with van der Waals surface area (Å²) in [6.07, 6.45) is 22.1. The van der Waals surface area contributed by atoms with Crippen molar-refractivity contribution in [1.29, 1.82) is 0 Å². The van der Waals surface area contributed by atoms with E-state index in [4.69, 9.17) is 5.73 Å². The van der Waals surface area contributed by atoms with E-state index in [9.17, 15) is 4.79 Å². The summed E-state index contributed by atoms with van der Waals surface area (Å²) in [5.74, 6) is 3.63. The fourth-order valence-corrected chi connectivity index (χ4v) is 7.65. The molecule has 1 atom stereocenters.